The molecule has 0 aliphatic carbocycles. The summed E-state index contributed by atoms with van der Waals surface area (Å²) < 4.78 is 51.5. The van der Waals surface area contributed by atoms with Gasteiger partial charge in [0.15, 0.2) is 9.84 Å². The van der Waals surface area contributed by atoms with Gasteiger partial charge in [-0.15, -0.1) is 0 Å². The zero-order chi connectivity index (χ0) is 14.8. The summed E-state index contributed by atoms with van der Waals surface area (Å²) >= 11 is 0. The Hall–Kier alpha value is -2.03. The topological polar surface area (TPSA) is 85.1 Å². The number of rotatable bonds is 5. The molecule has 2 rings (SSSR count). The van der Waals surface area contributed by atoms with Crippen LogP contribution >= 0.6 is 0 Å². The second-order valence-corrected chi connectivity index (χ2v) is 6.04. The maximum absolute atomic E-state index is 12.3. The number of halogens is 2. The van der Waals surface area contributed by atoms with Crippen molar-refractivity contribution in [3.05, 3.63) is 35.9 Å². The first-order valence-corrected chi connectivity index (χ1v) is 7.39. The van der Waals surface area contributed by atoms with Crippen LogP contribution in [0.15, 0.2) is 33.8 Å². The molecule has 0 amide bonds. The molecule has 1 N–H and O–H groups in total. The number of anilines is 1. The van der Waals surface area contributed by atoms with Crippen molar-refractivity contribution in [2.24, 2.45) is 0 Å². The van der Waals surface area contributed by atoms with E-state index in [0.29, 0.717) is 11.5 Å². The van der Waals surface area contributed by atoms with Crippen LogP contribution in [0, 0.1) is 0 Å². The normalized spacial score (nSPS) is 11.8. The summed E-state index contributed by atoms with van der Waals surface area (Å²) in [5, 5.41) is 6.29. The van der Waals surface area contributed by atoms with E-state index in [1.165, 1.54) is 18.3 Å². The Bertz CT molecular complexity index is 683. The van der Waals surface area contributed by atoms with E-state index in [4.69, 9.17) is 0 Å². The lowest BCUT2D eigenvalue weighted by Gasteiger charge is -2.03. The number of aromatic nitrogens is 2. The fraction of sp³-hybridized carbons (Fsp3) is 0.273. The Morgan fingerprint density at radius 2 is 2.15 bits per heavy atom. The first-order chi connectivity index (χ1) is 9.36. The largest absolute Gasteiger partial charge is 0.364 e. The van der Waals surface area contributed by atoms with E-state index in [1.54, 1.807) is 0 Å². The Morgan fingerprint density at radius 3 is 2.65 bits per heavy atom. The van der Waals surface area contributed by atoms with Crippen LogP contribution in [0.25, 0.3) is 0 Å². The molecule has 0 aromatic carbocycles. The quantitative estimate of drug-likeness (QED) is 0.909. The molecule has 2 heterocycles. The molecule has 108 valence electrons. The molecule has 0 saturated carbocycles. The molecular weight excluding hydrogens is 292 g/mol. The molecule has 0 radical (unpaired) electrons. The van der Waals surface area contributed by atoms with E-state index in [1.807, 2.05) is 0 Å². The Balaban J connectivity index is 2.00. The minimum Gasteiger partial charge on any atom is -0.364 e. The van der Waals surface area contributed by atoms with Gasteiger partial charge >= 0.3 is 0 Å². The first-order valence-electron chi connectivity index (χ1n) is 5.50. The van der Waals surface area contributed by atoms with Gasteiger partial charge in [0, 0.05) is 18.5 Å². The molecule has 0 unspecified atom stereocenters. The third kappa shape index (κ3) is 3.50. The predicted octanol–water partition coefficient (Wildman–Crippen LogP) is 2.02. The zero-order valence-electron chi connectivity index (χ0n) is 10.4. The number of alkyl halides is 2. The number of pyridine rings is 1. The lowest BCUT2D eigenvalue weighted by molar-refractivity contribution is 0.112. The third-order valence-corrected chi connectivity index (χ3v) is 3.51. The third-order valence-electron chi connectivity index (χ3n) is 2.41. The first kappa shape index (κ1) is 14.4. The van der Waals surface area contributed by atoms with Gasteiger partial charge in [-0.2, -0.15) is 0 Å². The average Bonchev–Trinajstić information content (AvgIpc) is 2.85. The standard InChI is InChI=1S/C11H11F2N3O3S/c1-20(17,18)8-2-3-10(15-6-8)14-5-7-4-9(11(12)13)19-16-7/h2-4,6,11H,5H2,1H3,(H,14,15). The molecular formula is C11H11F2N3O3S. The van der Waals surface area contributed by atoms with Gasteiger partial charge in [0.25, 0.3) is 6.43 Å². The van der Waals surface area contributed by atoms with Gasteiger partial charge < -0.3 is 9.84 Å². The summed E-state index contributed by atoms with van der Waals surface area (Å²) in [6.07, 6.45) is -0.410. The molecule has 0 aliphatic rings. The maximum Gasteiger partial charge on any atom is 0.298 e. The Labute approximate surface area is 113 Å². The van der Waals surface area contributed by atoms with Crippen molar-refractivity contribution in [2.45, 2.75) is 17.9 Å². The highest BCUT2D eigenvalue weighted by Crippen LogP contribution is 2.19. The number of sulfone groups is 1. The molecule has 0 fully saturated rings. The monoisotopic (exact) mass is 303 g/mol. The highest BCUT2D eigenvalue weighted by molar-refractivity contribution is 7.90. The number of hydrogen-bond donors (Lipinski definition) is 1. The smallest absolute Gasteiger partial charge is 0.298 e. The van der Waals surface area contributed by atoms with E-state index >= 15 is 0 Å². The van der Waals surface area contributed by atoms with Crippen LogP contribution in [-0.2, 0) is 16.4 Å². The summed E-state index contributed by atoms with van der Waals surface area (Å²) in [7, 11) is -3.29. The molecule has 6 nitrogen and oxygen atoms in total. The van der Waals surface area contributed by atoms with Crippen LogP contribution in [0.4, 0.5) is 14.6 Å². The van der Waals surface area contributed by atoms with Crippen molar-refractivity contribution in [1.82, 2.24) is 10.1 Å². The van der Waals surface area contributed by atoms with Crippen LogP contribution in [0.5, 0.6) is 0 Å². The summed E-state index contributed by atoms with van der Waals surface area (Å²) in [5.74, 6) is -0.0961. The van der Waals surface area contributed by atoms with E-state index in [2.05, 4.69) is 20.0 Å². The average molecular weight is 303 g/mol. The molecule has 20 heavy (non-hydrogen) atoms. The highest BCUT2D eigenvalue weighted by Gasteiger charge is 2.14. The second kappa shape index (κ2) is 5.53. The molecule has 9 heteroatoms. The summed E-state index contributed by atoms with van der Waals surface area (Å²) in [5.41, 5.74) is 0.300. The molecule has 2 aromatic heterocycles. The number of nitrogens with zero attached hydrogens (tertiary/aromatic N) is 2. The van der Waals surface area contributed by atoms with Gasteiger partial charge in [-0.05, 0) is 12.1 Å². The van der Waals surface area contributed by atoms with E-state index in [-0.39, 0.29) is 11.4 Å². The molecule has 0 spiro atoms. The van der Waals surface area contributed by atoms with Gasteiger partial charge in [-0.1, -0.05) is 5.16 Å². The second-order valence-electron chi connectivity index (χ2n) is 4.03. The van der Waals surface area contributed by atoms with E-state index < -0.39 is 22.0 Å². The van der Waals surface area contributed by atoms with Crippen LogP contribution in [0.1, 0.15) is 17.9 Å². The van der Waals surface area contributed by atoms with E-state index in [0.717, 1.165) is 12.3 Å². The van der Waals surface area contributed by atoms with Gasteiger partial charge in [-0.25, -0.2) is 22.2 Å². The fourth-order valence-electron chi connectivity index (χ4n) is 1.40. The van der Waals surface area contributed by atoms with Crippen molar-refractivity contribution in [3.8, 4) is 0 Å². The van der Waals surface area contributed by atoms with Gasteiger partial charge in [0.05, 0.1) is 11.4 Å². The minimum absolute atomic E-state index is 0.101. The van der Waals surface area contributed by atoms with Crippen LogP contribution in [0.2, 0.25) is 0 Å². The van der Waals surface area contributed by atoms with Crippen molar-refractivity contribution in [1.29, 1.82) is 0 Å². The predicted molar refractivity (Wildman–Crippen MR) is 66.1 cm³/mol. The summed E-state index contributed by atoms with van der Waals surface area (Å²) in [6, 6.07) is 4.02. The molecule has 0 saturated heterocycles. The number of nitrogens with one attached hydrogen (secondary N) is 1. The molecule has 0 atom stereocenters. The molecule has 0 aliphatic heterocycles. The Kier molecular flexibility index (Phi) is 3.98. The Morgan fingerprint density at radius 1 is 1.40 bits per heavy atom. The molecule has 0 bridgehead atoms. The molecule has 2 aromatic rings. The van der Waals surface area contributed by atoms with Crippen molar-refractivity contribution < 1.29 is 21.7 Å². The van der Waals surface area contributed by atoms with Gasteiger partial charge in [-0.3, -0.25) is 0 Å². The number of hydrogen-bond acceptors (Lipinski definition) is 6. The zero-order valence-corrected chi connectivity index (χ0v) is 11.2. The summed E-state index contributed by atoms with van der Waals surface area (Å²) in [6.45, 7) is 0.140. The van der Waals surface area contributed by atoms with Crippen LogP contribution < -0.4 is 5.32 Å². The van der Waals surface area contributed by atoms with Crippen LogP contribution in [-0.4, -0.2) is 24.8 Å². The SMILES string of the molecule is CS(=O)(=O)c1ccc(NCc2cc(C(F)F)on2)nc1. The maximum atomic E-state index is 12.3. The van der Waals surface area contributed by atoms with E-state index in [9.17, 15) is 17.2 Å². The lowest BCUT2D eigenvalue weighted by atomic mass is 10.3. The fourth-order valence-corrected chi connectivity index (χ4v) is 1.96. The minimum atomic E-state index is -3.29. The summed E-state index contributed by atoms with van der Waals surface area (Å²) in [4.78, 5) is 4.01. The van der Waals surface area contributed by atoms with Crippen molar-refractivity contribution in [3.63, 3.8) is 0 Å². The van der Waals surface area contributed by atoms with Crippen molar-refractivity contribution in [2.75, 3.05) is 11.6 Å². The van der Waals surface area contributed by atoms with Gasteiger partial charge in [0.1, 0.15) is 11.5 Å². The van der Waals surface area contributed by atoms with Crippen molar-refractivity contribution >= 4 is 15.7 Å². The lowest BCUT2D eigenvalue weighted by Crippen LogP contribution is -2.03. The highest BCUT2D eigenvalue weighted by atomic mass is 32.2. The van der Waals surface area contributed by atoms with Crippen LogP contribution in [0.3, 0.4) is 0 Å². The van der Waals surface area contributed by atoms with Gasteiger partial charge in [0.2, 0.25) is 5.76 Å².